The molecule has 2 heterocycles. The van der Waals surface area contributed by atoms with E-state index in [1.165, 1.54) is 16.9 Å². The lowest BCUT2D eigenvalue weighted by Gasteiger charge is -2.18. The average Bonchev–Trinajstić information content (AvgIpc) is 3.33. The van der Waals surface area contributed by atoms with E-state index in [1.54, 1.807) is 0 Å². The summed E-state index contributed by atoms with van der Waals surface area (Å²) in [6.45, 7) is 1.88. The van der Waals surface area contributed by atoms with E-state index in [1.807, 2.05) is 6.92 Å². The van der Waals surface area contributed by atoms with E-state index in [4.69, 9.17) is 5.73 Å². The van der Waals surface area contributed by atoms with E-state index in [2.05, 4.69) is 16.2 Å². The number of anilines is 1. The van der Waals surface area contributed by atoms with Gasteiger partial charge >= 0.3 is 6.18 Å². The molecule has 5 nitrogen and oxygen atoms in total. The van der Waals surface area contributed by atoms with Crippen molar-refractivity contribution in [1.29, 1.82) is 5.26 Å². The van der Waals surface area contributed by atoms with Crippen LogP contribution in [0.25, 0.3) is 0 Å². The standard InChI is InChI=1S/C16H16F3N5/c1-2-12(10-5-6-13(22-8-10)16(17,18)19)24-15(21)11(7-20)14(23-24)9-3-4-9/h5-6,8-9,12H,2-4,21H2,1H3. The van der Waals surface area contributed by atoms with Crippen LogP contribution in [-0.4, -0.2) is 14.8 Å². The van der Waals surface area contributed by atoms with E-state index in [0.717, 1.165) is 18.9 Å². The molecule has 1 aliphatic rings. The second kappa shape index (κ2) is 5.82. The second-order valence-corrected chi connectivity index (χ2v) is 5.87. The van der Waals surface area contributed by atoms with E-state index >= 15 is 0 Å². The van der Waals surface area contributed by atoms with Crippen LogP contribution in [0, 0.1) is 11.3 Å². The highest BCUT2D eigenvalue weighted by atomic mass is 19.4. The first-order chi connectivity index (χ1) is 11.4. The monoisotopic (exact) mass is 335 g/mol. The molecule has 3 rings (SSSR count). The number of nitrogen functional groups attached to an aromatic ring is 1. The molecule has 2 N–H and O–H groups in total. The third kappa shape index (κ3) is 2.82. The molecular weight excluding hydrogens is 319 g/mol. The summed E-state index contributed by atoms with van der Waals surface area (Å²) in [5.74, 6) is 0.512. The summed E-state index contributed by atoms with van der Waals surface area (Å²) in [7, 11) is 0. The third-order valence-electron chi connectivity index (χ3n) is 4.19. The molecule has 1 saturated carbocycles. The first-order valence-corrected chi connectivity index (χ1v) is 7.68. The van der Waals surface area contributed by atoms with Gasteiger partial charge in [0.15, 0.2) is 0 Å². The van der Waals surface area contributed by atoms with Gasteiger partial charge < -0.3 is 5.73 Å². The van der Waals surface area contributed by atoms with Crippen molar-refractivity contribution in [3.05, 3.63) is 40.8 Å². The summed E-state index contributed by atoms with van der Waals surface area (Å²) in [6.07, 6.45) is -0.763. The molecule has 0 amide bonds. The molecule has 0 saturated heterocycles. The number of nitrogens with two attached hydrogens (primary N) is 1. The second-order valence-electron chi connectivity index (χ2n) is 5.87. The van der Waals surface area contributed by atoms with E-state index < -0.39 is 11.9 Å². The van der Waals surface area contributed by atoms with Crippen molar-refractivity contribution < 1.29 is 13.2 Å². The van der Waals surface area contributed by atoms with Crippen LogP contribution in [-0.2, 0) is 6.18 Å². The first kappa shape index (κ1) is 16.3. The molecular formula is C16H16F3N5. The largest absolute Gasteiger partial charge is 0.433 e. The summed E-state index contributed by atoms with van der Waals surface area (Å²) in [6, 6.07) is 4.06. The van der Waals surface area contributed by atoms with Gasteiger partial charge in [0.05, 0.1) is 11.7 Å². The number of nitriles is 1. The molecule has 0 bridgehead atoms. The molecule has 0 spiro atoms. The quantitative estimate of drug-likeness (QED) is 0.925. The van der Waals surface area contributed by atoms with Crippen LogP contribution in [0.3, 0.4) is 0 Å². The van der Waals surface area contributed by atoms with Crippen molar-refractivity contribution in [2.45, 2.75) is 44.3 Å². The fourth-order valence-electron chi connectivity index (χ4n) is 2.78. The zero-order chi connectivity index (χ0) is 17.5. The number of pyridine rings is 1. The number of alkyl halides is 3. The van der Waals surface area contributed by atoms with Crippen LogP contribution in [0.5, 0.6) is 0 Å². The fraction of sp³-hybridized carbons (Fsp3) is 0.438. The first-order valence-electron chi connectivity index (χ1n) is 7.68. The van der Waals surface area contributed by atoms with Gasteiger partial charge in [0.2, 0.25) is 0 Å². The molecule has 1 fully saturated rings. The highest BCUT2D eigenvalue weighted by molar-refractivity contribution is 5.54. The number of nitrogens with zero attached hydrogens (tertiary/aromatic N) is 4. The number of aromatic nitrogens is 3. The van der Waals surface area contributed by atoms with Gasteiger partial charge in [-0.1, -0.05) is 13.0 Å². The highest BCUT2D eigenvalue weighted by Crippen LogP contribution is 2.43. The van der Waals surface area contributed by atoms with E-state index in [-0.39, 0.29) is 17.8 Å². The summed E-state index contributed by atoms with van der Waals surface area (Å²) < 4.78 is 39.5. The van der Waals surface area contributed by atoms with Crippen LogP contribution in [0.4, 0.5) is 19.0 Å². The van der Waals surface area contributed by atoms with Gasteiger partial charge in [0.1, 0.15) is 23.1 Å². The Morgan fingerprint density at radius 1 is 1.42 bits per heavy atom. The Morgan fingerprint density at radius 3 is 2.58 bits per heavy atom. The zero-order valence-corrected chi connectivity index (χ0v) is 13.0. The minimum atomic E-state index is -4.47. The predicted octanol–water partition coefficient (Wildman–Crippen LogP) is 3.63. The molecule has 1 unspecified atom stereocenters. The molecule has 0 aromatic carbocycles. The zero-order valence-electron chi connectivity index (χ0n) is 13.0. The summed E-state index contributed by atoms with van der Waals surface area (Å²) in [5, 5.41) is 13.8. The molecule has 0 radical (unpaired) electrons. The van der Waals surface area contributed by atoms with Crippen molar-refractivity contribution in [2.24, 2.45) is 0 Å². The van der Waals surface area contributed by atoms with Crippen LogP contribution in [0.15, 0.2) is 18.3 Å². The van der Waals surface area contributed by atoms with Crippen molar-refractivity contribution in [3.63, 3.8) is 0 Å². The van der Waals surface area contributed by atoms with Gasteiger partial charge in [-0.3, -0.25) is 4.98 Å². The van der Waals surface area contributed by atoms with Gasteiger partial charge in [-0.05, 0) is 30.9 Å². The Labute approximate surface area is 136 Å². The minimum Gasteiger partial charge on any atom is -0.383 e. The smallest absolute Gasteiger partial charge is 0.383 e. The molecule has 0 aliphatic heterocycles. The van der Waals surface area contributed by atoms with Crippen LogP contribution >= 0.6 is 0 Å². The van der Waals surface area contributed by atoms with Gasteiger partial charge in [0, 0.05) is 12.1 Å². The molecule has 126 valence electrons. The average molecular weight is 335 g/mol. The summed E-state index contributed by atoms with van der Waals surface area (Å²) >= 11 is 0. The lowest BCUT2D eigenvalue weighted by atomic mass is 10.1. The van der Waals surface area contributed by atoms with Crippen molar-refractivity contribution in [1.82, 2.24) is 14.8 Å². The summed E-state index contributed by atoms with van der Waals surface area (Å²) in [4.78, 5) is 3.50. The highest BCUT2D eigenvalue weighted by Gasteiger charge is 2.34. The number of rotatable bonds is 4. The van der Waals surface area contributed by atoms with Crippen molar-refractivity contribution >= 4 is 5.82 Å². The maximum atomic E-state index is 12.7. The van der Waals surface area contributed by atoms with Gasteiger partial charge in [0.25, 0.3) is 0 Å². The molecule has 2 aromatic rings. The normalized spacial score (nSPS) is 16.0. The van der Waals surface area contributed by atoms with Gasteiger partial charge in [-0.15, -0.1) is 0 Å². The van der Waals surface area contributed by atoms with Gasteiger partial charge in [-0.25, -0.2) is 4.68 Å². The Balaban J connectivity index is 1.99. The molecule has 24 heavy (non-hydrogen) atoms. The van der Waals surface area contributed by atoms with Crippen molar-refractivity contribution in [2.75, 3.05) is 5.73 Å². The Kier molecular flexibility index (Phi) is 3.95. The molecule has 2 aromatic heterocycles. The fourth-order valence-corrected chi connectivity index (χ4v) is 2.78. The number of hydrogen-bond acceptors (Lipinski definition) is 4. The maximum absolute atomic E-state index is 12.7. The molecule has 1 atom stereocenters. The lowest BCUT2D eigenvalue weighted by molar-refractivity contribution is -0.141. The Hall–Kier alpha value is -2.56. The van der Waals surface area contributed by atoms with Gasteiger partial charge in [-0.2, -0.15) is 23.5 Å². The Morgan fingerprint density at radius 2 is 2.12 bits per heavy atom. The SMILES string of the molecule is CCC(c1ccc(C(F)(F)F)nc1)n1nc(C2CC2)c(C#N)c1N. The minimum absolute atomic E-state index is 0.256. The third-order valence-corrected chi connectivity index (χ3v) is 4.19. The van der Waals surface area contributed by atoms with Crippen LogP contribution < -0.4 is 5.73 Å². The van der Waals surface area contributed by atoms with Crippen LogP contribution in [0.2, 0.25) is 0 Å². The maximum Gasteiger partial charge on any atom is 0.433 e. The summed E-state index contributed by atoms with van der Waals surface area (Å²) in [5.41, 5.74) is 6.77. The van der Waals surface area contributed by atoms with E-state index in [9.17, 15) is 18.4 Å². The van der Waals surface area contributed by atoms with Crippen LogP contribution in [0.1, 0.15) is 60.7 Å². The molecule has 8 heteroatoms. The van der Waals surface area contributed by atoms with E-state index in [0.29, 0.717) is 23.2 Å². The lowest BCUT2D eigenvalue weighted by Crippen LogP contribution is -2.15. The number of hydrogen-bond donors (Lipinski definition) is 1. The Bertz CT molecular complexity index is 782. The van der Waals surface area contributed by atoms with Crippen molar-refractivity contribution in [3.8, 4) is 6.07 Å². The topological polar surface area (TPSA) is 80.5 Å². The number of halogens is 3. The molecule has 1 aliphatic carbocycles. The predicted molar refractivity (Wildman–Crippen MR) is 81.0 cm³/mol.